The first-order valence-corrected chi connectivity index (χ1v) is 8.79. The van der Waals surface area contributed by atoms with E-state index in [0.717, 1.165) is 37.5 Å². The minimum atomic E-state index is 0.552. The first kappa shape index (κ1) is 12.5. The Labute approximate surface area is 126 Å². The van der Waals surface area contributed by atoms with Crippen molar-refractivity contribution in [3.05, 3.63) is 11.8 Å². The Bertz CT molecular complexity index is 534. The van der Waals surface area contributed by atoms with E-state index >= 15 is 0 Å². The van der Waals surface area contributed by atoms with E-state index < -0.39 is 0 Å². The summed E-state index contributed by atoms with van der Waals surface area (Å²) < 4.78 is 7.92. The molecular formula is C17H25N3O. The van der Waals surface area contributed by atoms with Gasteiger partial charge in [0.05, 0.1) is 18.3 Å². The van der Waals surface area contributed by atoms with Gasteiger partial charge in [0, 0.05) is 31.1 Å². The second kappa shape index (κ2) is 4.73. The van der Waals surface area contributed by atoms with Crippen LogP contribution in [0.1, 0.15) is 56.2 Å². The van der Waals surface area contributed by atoms with Crippen LogP contribution in [-0.4, -0.2) is 29.5 Å². The summed E-state index contributed by atoms with van der Waals surface area (Å²) in [4.78, 5) is 0. The second-order valence-electron chi connectivity index (χ2n) is 7.59. The van der Waals surface area contributed by atoms with Gasteiger partial charge in [0.1, 0.15) is 5.82 Å². The maximum Gasteiger partial charge on any atom is 0.124 e. The van der Waals surface area contributed by atoms with Gasteiger partial charge >= 0.3 is 0 Å². The van der Waals surface area contributed by atoms with Crippen LogP contribution in [0, 0.1) is 17.8 Å². The lowest BCUT2D eigenvalue weighted by atomic mass is 9.86. The van der Waals surface area contributed by atoms with Crippen LogP contribution in [0.4, 0.5) is 5.82 Å². The molecule has 5 rings (SSSR count). The highest BCUT2D eigenvalue weighted by molar-refractivity contribution is 5.41. The van der Waals surface area contributed by atoms with E-state index in [0.29, 0.717) is 12.0 Å². The number of fused-ring (bicyclic) bond motifs is 3. The summed E-state index contributed by atoms with van der Waals surface area (Å²) in [5.41, 5.74) is 1.37. The van der Waals surface area contributed by atoms with Gasteiger partial charge in [0.25, 0.3) is 0 Å². The quantitative estimate of drug-likeness (QED) is 0.908. The zero-order chi connectivity index (χ0) is 13.8. The Kier molecular flexibility index (Phi) is 2.82. The van der Waals surface area contributed by atoms with Gasteiger partial charge in [-0.15, -0.1) is 0 Å². The maximum absolute atomic E-state index is 5.61. The van der Waals surface area contributed by atoms with Crippen molar-refractivity contribution in [1.82, 2.24) is 9.78 Å². The minimum absolute atomic E-state index is 0.552. The van der Waals surface area contributed by atoms with Crippen molar-refractivity contribution in [3.63, 3.8) is 0 Å². The summed E-state index contributed by atoms with van der Waals surface area (Å²) in [6.07, 6.45) is 8.14. The fourth-order valence-corrected chi connectivity index (χ4v) is 5.35. The lowest BCUT2D eigenvalue weighted by Gasteiger charge is -2.29. The molecule has 4 heteroatoms. The van der Waals surface area contributed by atoms with Crippen LogP contribution in [0.2, 0.25) is 0 Å². The maximum atomic E-state index is 5.61. The van der Waals surface area contributed by atoms with Gasteiger partial charge < -0.3 is 10.1 Å². The SMILES string of the molecule is c1c(C2CC3CCC2C3)nn2c1NCCC2C1CCOC1. The van der Waals surface area contributed by atoms with Crippen molar-refractivity contribution >= 4 is 5.82 Å². The first-order valence-electron chi connectivity index (χ1n) is 8.79. The predicted molar refractivity (Wildman–Crippen MR) is 81.5 cm³/mol. The highest BCUT2D eigenvalue weighted by atomic mass is 16.5. The molecule has 1 N–H and O–H groups in total. The molecule has 114 valence electrons. The molecule has 0 amide bonds. The number of aromatic nitrogens is 2. The molecule has 3 heterocycles. The molecule has 3 fully saturated rings. The van der Waals surface area contributed by atoms with Crippen LogP contribution in [0.3, 0.4) is 0 Å². The number of rotatable bonds is 2. The lowest BCUT2D eigenvalue weighted by molar-refractivity contribution is 0.167. The Morgan fingerprint density at radius 3 is 2.90 bits per heavy atom. The molecule has 4 aliphatic rings. The molecule has 0 radical (unpaired) electrons. The number of nitrogens with zero attached hydrogens (tertiary/aromatic N) is 2. The molecule has 0 spiro atoms. The number of ether oxygens (including phenoxy) is 1. The van der Waals surface area contributed by atoms with E-state index in [4.69, 9.17) is 9.84 Å². The number of nitrogens with one attached hydrogen (secondary N) is 1. The Balaban J connectivity index is 1.45. The van der Waals surface area contributed by atoms with Crippen LogP contribution in [-0.2, 0) is 4.74 Å². The summed E-state index contributed by atoms with van der Waals surface area (Å²) in [5.74, 6) is 4.57. The van der Waals surface area contributed by atoms with E-state index in [1.54, 1.807) is 0 Å². The molecule has 0 aromatic carbocycles. The van der Waals surface area contributed by atoms with E-state index in [2.05, 4.69) is 16.1 Å². The van der Waals surface area contributed by atoms with E-state index in [1.807, 2.05) is 0 Å². The summed E-state index contributed by atoms with van der Waals surface area (Å²) in [5, 5.41) is 8.64. The van der Waals surface area contributed by atoms with E-state index in [9.17, 15) is 0 Å². The van der Waals surface area contributed by atoms with Gasteiger partial charge in [-0.1, -0.05) is 6.42 Å². The predicted octanol–water partition coefficient (Wildman–Crippen LogP) is 3.18. The molecule has 5 unspecified atom stereocenters. The third-order valence-corrected chi connectivity index (χ3v) is 6.44. The Morgan fingerprint density at radius 2 is 2.14 bits per heavy atom. The normalized spacial score (nSPS) is 41.2. The van der Waals surface area contributed by atoms with Crippen LogP contribution >= 0.6 is 0 Å². The van der Waals surface area contributed by atoms with Gasteiger partial charge in [-0.3, -0.25) is 0 Å². The lowest BCUT2D eigenvalue weighted by Crippen LogP contribution is -2.29. The second-order valence-corrected chi connectivity index (χ2v) is 7.59. The number of anilines is 1. The number of hydrogen-bond acceptors (Lipinski definition) is 3. The minimum Gasteiger partial charge on any atom is -0.381 e. The zero-order valence-corrected chi connectivity index (χ0v) is 12.6. The summed E-state index contributed by atoms with van der Waals surface area (Å²) >= 11 is 0. The van der Waals surface area contributed by atoms with Gasteiger partial charge in [-0.05, 0) is 43.9 Å². The van der Waals surface area contributed by atoms with Crippen LogP contribution in [0.15, 0.2) is 6.07 Å². The van der Waals surface area contributed by atoms with Gasteiger partial charge in [-0.25, -0.2) is 4.68 Å². The molecule has 21 heavy (non-hydrogen) atoms. The van der Waals surface area contributed by atoms with Gasteiger partial charge in [-0.2, -0.15) is 5.10 Å². The highest BCUT2D eigenvalue weighted by Gasteiger charge is 2.42. The van der Waals surface area contributed by atoms with E-state index in [1.165, 1.54) is 50.0 Å². The van der Waals surface area contributed by atoms with Crippen molar-refractivity contribution < 1.29 is 4.74 Å². The van der Waals surface area contributed by atoms with Crippen molar-refractivity contribution in [3.8, 4) is 0 Å². The van der Waals surface area contributed by atoms with Gasteiger partial charge in [0.2, 0.25) is 0 Å². The smallest absolute Gasteiger partial charge is 0.124 e. The molecule has 4 nitrogen and oxygen atoms in total. The fraction of sp³-hybridized carbons (Fsp3) is 0.824. The molecule has 2 aliphatic carbocycles. The van der Waals surface area contributed by atoms with Crippen molar-refractivity contribution in [2.75, 3.05) is 25.1 Å². The molecule has 1 saturated heterocycles. The Morgan fingerprint density at radius 1 is 1.14 bits per heavy atom. The van der Waals surface area contributed by atoms with Crippen LogP contribution in [0.25, 0.3) is 0 Å². The molecule has 1 aromatic rings. The number of hydrogen-bond donors (Lipinski definition) is 1. The first-order chi connectivity index (χ1) is 10.4. The summed E-state index contributed by atoms with van der Waals surface area (Å²) in [7, 11) is 0. The zero-order valence-electron chi connectivity index (χ0n) is 12.6. The van der Waals surface area contributed by atoms with Crippen LogP contribution < -0.4 is 5.32 Å². The molecule has 2 bridgehead atoms. The molecule has 2 aliphatic heterocycles. The monoisotopic (exact) mass is 287 g/mol. The summed E-state index contributed by atoms with van der Waals surface area (Å²) in [6, 6.07) is 2.91. The average Bonchev–Trinajstić information content (AvgIpc) is 3.26. The van der Waals surface area contributed by atoms with Crippen molar-refractivity contribution in [2.45, 2.75) is 50.5 Å². The van der Waals surface area contributed by atoms with Gasteiger partial charge in [0.15, 0.2) is 0 Å². The third kappa shape index (κ3) is 1.95. The Hall–Kier alpha value is -1.03. The molecule has 5 atom stereocenters. The summed E-state index contributed by atoms with van der Waals surface area (Å²) in [6.45, 7) is 2.95. The molecule has 2 saturated carbocycles. The third-order valence-electron chi connectivity index (χ3n) is 6.44. The standard InChI is InChI=1S/C17H25N3O/c1-2-12-7-11(1)8-14(12)15-9-17-18-5-3-16(20(17)19-15)13-4-6-21-10-13/h9,11-14,16,18H,1-8,10H2. The molecular weight excluding hydrogens is 262 g/mol. The van der Waals surface area contributed by atoms with Crippen LogP contribution in [0.5, 0.6) is 0 Å². The van der Waals surface area contributed by atoms with Crippen molar-refractivity contribution in [1.29, 1.82) is 0 Å². The van der Waals surface area contributed by atoms with Crippen molar-refractivity contribution in [2.24, 2.45) is 17.8 Å². The largest absolute Gasteiger partial charge is 0.381 e. The average molecular weight is 287 g/mol. The highest BCUT2D eigenvalue weighted by Crippen LogP contribution is 2.53. The molecule has 1 aromatic heterocycles. The van der Waals surface area contributed by atoms with E-state index in [-0.39, 0.29) is 0 Å². The fourth-order valence-electron chi connectivity index (χ4n) is 5.35. The topological polar surface area (TPSA) is 39.1 Å².